The Kier molecular flexibility index (Phi) is 6.88. The molecule has 0 fully saturated rings. The quantitative estimate of drug-likeness (QED) is 0.731. The second-order valence-corrected chi connectivity index (χ2v) is 6.88. The molecule has 1 unspecified atom stereocenters. The maximum atomic E-state index is 13.0. The minimum atomic E-state index is -3.68. The smallest absolute Gasteiger partial charge is 0.242 e. The molecule has 1 heterocycles. The third-order valence-corrected chi connectivity index (χ3v) is 4.61. The monoisotopic (exact) mass is 352 g/mol. The highest BCUT2D eigenvalue weighted by atomic mass is 79.9. The van der Waals surface area contributed by atoms with Crippen LogP contribution in [0.2, 0.25) is 0 Å². The first-order chi connectivity index (χ1) is 8.99. The molecule has 0 saturated heterocycles. The number of alkyl halides is 1. The number of pyridine rings is 1. The molecule has 108 valence electrons. The molecule has 0 amide bonds. The standard InChI is InChI=1S/C12H18BrFN2O2S/c1-2-3-10(4-5-13)7-16-19(17,18)12-6-11(14)8-15-9-12/h6,8-10,16H,2-5,7H2,1H3. The summed E-state index contributed by atoms with van der Waals surface area (Å²) in [7, 11) is -3.68. The average Bonchev–Trinajstić information content (AvgIpc) is 2.37. The fourth-order valence-electron chi connectivity index (χ4n) is 1.76. The summed E-state index contributed by atoms with van der Waals surface area (Å²) in [6, 6.07) is 0.967. The van der Waals surface area contributed by atoms with E-state index >= 15 is 0 Å². The number of halogens is 2. The first-order valence-corrected chi connectivity index (χ1v) is 8.76. The molecule has 0 saturated carbocycles. The largest absolute Gasteiger partial charge is 0.260 e. The summed E-state index contributed by atoms with van der Waals surface area (Å²) in [6.07, 6.45) is 4.97. The Morgan fingerprint density at radius 3 is 2.74 bits per heavy atom. The first-order valence-electron chi connectivity index (χ1n) is 6.15. The molecule has 0 spiro atoms. The minimum Gasteiger partial charge on any atom is -0.260 e. The van der Waals surface area contributed by atoms with Gasteiger partial charge >= 0.3 is 0 Å². The molecule has 0 aliphatic rings. The van der Waals surface area contributed by atoms with Crippen LogP contribution in [0.5, 0.6) is 0 Å². The van der Waals surface area contributed by atoms with Crippen LogP contribution in [0.4, 0.5) is 4.39 Å². The van der Waals surface area contributed by atoms with Crippen LogP contribution in [0.3, 0.4) is 0 Å². The van der Waals surface area contributed by atoms with Gasteiger partial charge in [-0.1, -0.05) is 29.3 Å². The van der Waals surface area contributed by atoms with Gasteiger partial charge in [0.25, 0.3) is 0 Å². The van der Waals surface area contributed by atoms with Gasteiger partial charge in [0.05, 0.1) is 6.20 Å². The highest BCUT2D eigenvalue weighted by molar-refractivity contribution is 9.09. The van der Waals surface area contributed by atoms with Gasteiger partial charge in [-0.05, 0) is 24.8 Å². The zero-order valence-corrected chi connectivity index (χ0v) is 13.2. The van der Waals surface area contributed by atoms with Crippen LogP contribution < -0.4 is 4.72 Å². The molecule has 1 aromatic rings. The maximum Gasteiger partial charge on any atom is 0.242 e. The first kappa shape index (κ1) is 16.5. The summed E-state index contributed by atoms with van der Waals surface area (Å²) < 4.78 is 39.4. The summed E-state index contributed by atoms with van der Waals surface area (Å²) in [5.41, 5.74) is 0. The van der Waals surface area contributed by atoms with Crippen LogP contribution >= 0.6 is 15.9 Å². The van der Waals surface area contributed by atoms with Gasteiger partial charge in [-0.15, -0.1) is 0 Å². The van der Waals surface area contributed by atoms with Crippen molar-refractivity contribution in [3.05, 3.63) is 24.3 Å². The van der Waals surface area contributed by atoms with E-state index in [-0.39, 0.29) is 10.8 Å². The van der Waals surface area contributed by atoms with E-state index < -0.39 is 15.8 Å². The van der Waals surface area contributed by atoms with E-state index in [1.165, 1.54) is 0 Å². The summed E-state index contributed by atoms with van der Waals surface area (Å²) in [6.45, 7) is 2.42. The molecule has 1 N–H and O–H groups in total. The molecular weight excluding hydrogens is 335 g/mol. The van der Waals surface area contributed by atoms with Crippen molar-refractivity contribution in [2.24, 2.45) is 5.92 Å². The molecule has 1 aromatic heterocycles. The van der Waals surface area contributed by atoms with Gasteiger partial charge in [-0.25, -0.2) is 17.5 Å². The van der Waals surface area contributed by atoms with E-state index in [0.717, 1.165) is 43.1 Å². The SMILES string of the molecule is CCCC(CCBr)CNS(=O)(=O)c1cncc(F)c1. The maximum absolute atomic E-state index is 13.0. The molecule has 0 aromatic carbocycles. The molecule has 4 nitrogen and oxygen atoms in total. The molecular formula is C12H18BrFN2O2S. The molecule has 0 aliphatic carbocycles. The van der Waals surface area contributed by atoms with Crippen molar-refractivity contribution in [1.29, 1.82) is 0 Å². The van der Waals surface area contributed by atoms with Crippen LogP contribution in [0.15, 0.2) is 23.4 Å². The summed E-state index contributed by atoms with van der Waals surface area (Å²) in [5.74, 6) is -0.380. The third kappa shape index (κ3) is 5.54. The molecule has 0 aliphatic heterocycles. The fraction of sp³-hybridized carbons (Fsp3) is 0.583. The molecule has 1 atom stereocenters. The number of hydrogen-bond donors (Lipinski definition) is 1. The Morgan fingerprint density at radius 1 is 1.42 bits per heavy atom. The molecule has 0 bridgehead atoms. The second kappa shape index (κ2) is 7.91. The topological polar surface area (TPSA) is 59.1 Å². The van der Waals surface area contributed by atoms with Gasteiger partial charge in [-0.2, -0.15) is 0 Å². The summed E-state index contributed by atoms with van der Waals surface area (Å²) in [5, 5.41) is 0.834. The van der Waals surface area contributed by atoms with E-state index in [9.17, 15) is 12.8 Å². The highest BCUT2D eigenvalue weighted by Gasteiger charge is 2.17. The number of aromatic nitrogens is 1. The lowest BCUT2D eigenvalue weighted by molar-refractivity contribution is 0.458. The predicted molar refractivity (Wildman–Crippen MR) is 76.2 cm³/mol. The Balaban J connectivity index is 2.69. The minimum absolute atomic E-state index is 0.137. The lowest BCUT2D eigenvalue weighted by atomic mass is 10.0. The lowest BCUT2D eigenvalue weighted by Crippen LogP contribution is -2.29. The number of nitrogens with one attached hydrogen (secondary N) is 1. The predicted octanol–water partition coefficient (Wildman–Crippen LogP) is 2.70. The molecule has 0 radical (unpaired) electrons. The van der Waals surface area contributed by atoms with Crippen molar-refractivity contribution in [2.75, 3.05) is 11.9 Å². The van der Waals surface area contributed by atoms with Crippen LogP contribution in [0.25, 0.3) is 0 Å². The molecule has 19 heavy (non-hydrogen) atoms. The zero-order chi connectivity index (χ0) is 14.3. The van der Waals surface area contributed by atoms with Gasteiger partial charge in [0.2, 0.25) is 10.0 Å². The van der Waals surface area contributed by atoms with Crippen molar-refractivity contribution >= 4 is 26.0 Å². The Bertz CT molecular complexity index is 490. The van der Waals surface area contributed by atoms with Gasteiger partial charge in [0.15, 0.2) is 0 Å². The Labute approximate surface area is 122 Å². The van der Waals surface area contributed by atoms with E-state index in [1.807, 2.05) is 0 Å². The van der Waals surface area contributed by atoms with E-state index in [4.69, 9.17) is 0 Å². The average molecular weight is 353 g/mol. The van der Waals surface area contributed by atoms with Crippen molar-refractivity contribution in [2.45, 2.75) is 31.1 Å². The molecule has 1 rings (SSSR count). The van der Waals surface area contributed by atoms with Gasteiger partial charge in [-0.3, -0.25) is 4.98 Å². The van der Waals surface area contributed by atoms with Crippen LogP contribution in [-0.2, 0) is 10.0 Å². The lowest BCUT2D eigenvalue weighted by Gasteiger charge is -2.15. The van der Waals surface area contributed by atoms with Crippen LogP contribution in [-0.4, -0.2) is 25.3 Å². The van der Waals surface area contributed by atoms with Crippen molar-refractivity contribution < 1.29 is 12.8 Å². The number of hydrogen-bond acceptors (Lipinski definition) is 3. The summed E-state index contributed by atoms with van der Waals surface area (Å²) in [4.78, 5) is 3.41. The van der Waals surface area contributed by atoms with Crippen molar-refractivity contribution in [3.63, 3.8) is 0 Å². The van der Waals surface area contributed by atoms with E-state index in [0.29, 0.717) is 6.54 Å². The number of rotatable bonds is 8. The van der Waals surface area contributed by atoms with Crippen molar-refractivity contribution in [3.8, 4) is 0 Å². The van der Waals surface area contributed by atoms with Gasteiger partial charge in [0.1, 0.15) is 10.7 Å². The number of sulfonamides is 1. The summed E-state index contributed by atoms with van der Waals surface area (Å²) >= 11 is 3.36. The Hall–Kier alpha value is -0.530. The highest BCUT2D eigenvalue weighted by Crippen LogP contribution is 2.14. The fourth-order valence-corrected chi connectivity index (χ4v) is 3.50. The normalized spacial score (nSPS) is 13.4. The Morgan fingerprint density at radius 2 is 2.16 bits per heavy atom. The van der Waals surface area contributed by atoms with Crippen LogP contribution in [0.1, 0.15) is 26.2 Å². The van der Waals surface area contributed by atoms with Gasteiger partial charge < -0.3 is 0 Å². The zero-order valence-electron chi connectivity index (χ0n) is 10.8. The third-order valence-electron chi connectivity index (χ3n) is 2.77. The van der Waals surface area contributed by atoms with E-state index in [1.54, 1.807) is 0 Å². The molecule has 7 heteroatoms. The van der Waals surface area contributed by atoms with Gasteiger partial charge in [0, 0.05) is 18.1 Å². The van der Waals surface area contributed by atoms with E-state index in [2.05, 4.69) is 32.6 Å². The van der Waals surface area contributed by atoms with Crippen LogP contribution in [0, 0.1) is 11.7 Å². The number of nitrogens with zero attached hydrogens (tertiary/aromatic N) is 1. The van der Waals surface area contributed by atoms with Crippen molar-refractivity contribution in [1.82, 2.24) is 9.71 Å². The second-order valence-electron chi connectivity index (χ2n) is 4.32.